The molecule has 0 radical (unpaired) electrons. The lowest BCUT2D eigenvalue weighted by Gasteiger charge is -2.25. The zero-order valence-electron chi connectivity index (χ0n) is 45.7. The van der Waals surface area contributed by atoms with Crippen molar-refractivity contribution in [1.29, 1.82) is 0 Å². The molecule has 6 aromatic rings. The molecule has 15 heteroatoms. The smallest absolute Gasteiger partial charge is 0.326 e. The van der Waals surface area contributed by atoms with Crippen molar-refractivity contribution in [3.05, 3.63) is 175 Å². The Morgan fingerprint density at radius 3 is 1.43 bits per heavy atom. The number of pyridine rings is 4. The number of nitrogens with one attached hydrogen (secondary N) is 1. The molecule has 0 spiro atoms. The van der Waals surface area contributed by atoms with Gasteiger partial charge in [0.25, 0.3) is 11.1 Å². The second-order valence-electron chi connectivity index (χ2n) is 19.7. The molecule has 0 saturated carbocycles. The van der Waals surface area contributed by atoms with Gasteiger partial charge in [0.05, 0.1) is 43.5 Å². The number of amides is 1. The normalized spacial score (nSPS) is 12.4. The molecule has 0 aliphatic carbocycles. The molecule has 15 nitrogen and oxygen atoms in total. The largest absolute Gasteiger partial charge is 0.480 e. The molecule has 4 aromatic heterocycles. The molecule has 0 bridgehead atoms. The van der Waals surface area contributed by atoms with Crippen molar-refractivity contribution >= 4 is 23.8 Å². The number of nitrogens with two attached hydrogens (primary N) is 1. The van der Waals surface area contributed by atoms with Gasteiger partial charge in [0.1, 0.15) is 12.1 Å². The van der Waals surface area contributed by atoms with Gasteiger partial charge in [-0.1, -0.05) is 71.5 Å². The first kappa shape index (κ1) is 62.8. The molecule has 1 unspecified atom stereocenters. The van der Waals surface area contributed by atoms with Gasteiger partial charge in [-0.15, -0.1) is 0 Å². The van der Waals surface area contributed by atoms with Gasteiger partial charge in [-0.05, 0) is 161 Å². The Hall–Kier alpha value is -7.52. The third kappa shape index (κ3) is 18.4. The van der Waals surface area contributed by atoms with Crippen molar-refractivity contribution in [3.63, 3.8) is 0 Å². The lowest BCUT2D eigenvalue weighted by molar-refractivity contribution is -0.144. The molecular weight excluding hydrogens is 961 g/mol. The highest BCUT2D eigenvalue weighted by Gasteiger charge is 2.28. The van der Waals surface area contributed by atoms with E-state index in [1.165, 1.54) is 32.4 Å². The van der Waals surface area contributed by atoms with Crippen LogP contribution >= 0.6 is 0 Å². The summed E-state index contributed by atoms with van der Waals surface area (Å²) in [7, 11) is 0. The average molecular weight is 1040 g/mol. The fourth-order valence-electron chi connectivity index (χ4n) is 8.74. The summed E-state index contributed by atoms with van der Waals surface area (Å²) >= 11 is 0. The second-order valence-corrected chi connectivity index (χ2v) is 19.7. The van der Waals surface area contributed by atoms with Crippen molar-refractivity contribution in [3.8, 4) is 22.5 Å². The van der Waals surface area contributed by atoms with Crippen LogP contribution in [0.1, 0.15) is 143 Å². The van der Waals surface area contributed by atoms with Crippen LogP contribution in [0.4, 0.5) is 0 Å². The first-order valence-electron chi connectivity index (χ1n) is 25.6. The highest BCUT2D eigenvalue weighted by atomic mass is 16.5. The summed E-state index contributed by atoms with van der Waals surface area (Å²) in [6.45, 7) is 23.9. The molecule has 76 heavy (non-hydrogen) atoms. The van der Waals surface area contributed by atoms with Crippen LogP contribution in [0.25, 0.3) is 22.5 Å². The Bertz CT molecular complexity index is 2970. The van der Waals surface area contributed by atoms with E-state index in [0.29, 0.717) is 19.4 Å². The van der Waals surface area contributed by atoms with E-state index < -0.39 is 30.1 Å². The van der Waals surface area contributed by atoms with Crippen LogP contribution in [-0.4, -0.2) is 61.2 Å². The number of aliphatic carboxylic acids is 1. The van der Waals surface area contributed by atoms with Crippen molar-refractivity contribution in [2.75, 3.05) is 13.2 Å². The van der Waals surface area contributed by atoms with E-state index in [9.17, 15) is 28.8 Å². The lowest BCUT2D eigenvalue weighted by atomic mass is 9.96. The fourth-order valence-corrected chi connectivity index (χ4v) is 8.74. The Labute approximate surface area is 448 Å². The third-order valence-corrected chi connectivity index (χ3v) is 12.4. The van der Waals surface area contributed by atoms with E-state index in [4.69, 9.17) is 20.3 Å². The number of hydrogen-bond acceptors (Lipinski definition) is 11. The molecule has 0 aliphatic rings. The van der Waals surface area contributed by atoms with E-state index in [2.05, 4.69) is 41.3 Å². The SMILES string of the molecule is C.CCOC(=O)C[C@H](N)c1ccnc(-c2c(C)cccc2C)c1.CCOC(=O)C[C@H](NC(=O)C(CC(C)C)n1ccc(C)cc1=O)c1ccnc(-c2c(C)cccc2C)c1.Cc1ccn([C@@H](CC(C)C)C(=O)O)c(=O)c1. The van der Waals surface area contributed by atoms with Gasteiger partial charge in [0.2, 0.25) is 5.91 Å². The maximum atomic E-state index is 13.7. The number of carboxylic acid groups (broad SMARTS) is 1. The van der Waals surface area contributed by atoms with Crippen LogP contribution in [0.3, 0.4) is 0 Å². The molecule has 4 N–H and O–H groups in total. The van der Waals surface area contributed by atoms with Gasteiger partial charge in [0.15, 0.2) is 0 Å². The summed E-state index contributed by atoms with van der Waals surface area (Å²) in [5.74, 6) is -1.57. The summed E-state index contributed by atoms with van der Waals surface area (Å²) < 4.78 is 12.9. The number of esters is 2. The summed E-state index contributed by atoms with van der Waals surface area (Å²) in [6.07, 6.45) is 7.72. The van der Waals surface area contributed by atoms with Gasteiger partial charge >= 0.3 is 17.9 Å². The number of carbonyl (C=O) groups is 4. The topological polar surface area (TPSA) is 215 Å². The van der Waals surface area contributed by atoms with E-state index in [1.54, 1.807) is 50.8 Å². The number of hydrogen-bond donors (Lipinski definition) is 3. The number of aromatic nitrogens is 4. The zero-order chi connectivity index (χ0) is 55.5. The maximum Gasteiger partial charge on any atom is 0.326 e. The summed E-state index contributed by atoms with van der Waals surface area (Å²) in [5.41, 5.74) is 17.3. The molecule has 4 heterocycles. The summed E-state index contributed by atoms with van der Waals surface area (Å²) in [5, 5.41) is 12.2. The Morgan fingerprint density at radius 1 is 0.605 bits per heavy atom. The van der Waals surface area contributed by atoms with Gasteiger partial charge in [-0.25, -0.2) is 4.79 Å². The summed E-state index contributed by atoms with van der Waals surface area (Å²) in [6, 6.07) is 23.8. The van der Waals surface area contributed by atoms with Crippen molar-refractivity contribution in [2.45, 2.75) is 140 Å². The zero-order valence-corrected chi connectivity index (χ0v) is 45.7. The van der Waals surface area contributed by atoms with Crippen molar-refractivity contribution in [2.24, 2.45) is 17.6 Å². The Kier molecular flexibility index (Phi) is 24.9. The number of aryl methyl sites for hydroxylation is 6. The van der Waals surface area contributed by atoms with Gasteiger partial charge < -0.3 is 34.8 Å². The standard InChI is InChI=1S/C30H37N3O4.C18H22N2O2.C12H17NO3.CH4/c1-7-37-28(35)18-24(23-11-13-31-25(17-23)29-21(5)9-8-10-22(29)6)32-30(36)26(15-19(2)3)33-14-12-20(4)16-27(33)34;1-4-22-17(21)11-15(19)14-8-9-20-16(10-14)18-12(2)6-5-7-13(18)3;1-8(2)6-10(12(15)16)13-5-4-9(3)7-11(13)14;/h8-14,16-17,19,24,26H,7,15,18H2,1-6H3,(H,32,36);5-10,15H,4,11,19H2,1-3H3;4-5,7-8,10H,6H2,1-3H3,(H,15,16);1H4/t24-,26?;15-;10-;/m000./s1. The highest BCUT2D eigenvalue weighted by molar-refractivity contribution is 5.82. The molecule has 2 aromatic carbocycles. The van der Waals surface area contributed by atoms with E-state index in [0.717, 1.165) is 55.9 Å². The van der Waals surface area contributed by atoms with E-state index >= 15 is 0 Å². The molecule has 6 rings (SSSR count). The number of benzene rings is 2. The Balaban J connectivity index is 0.000000330. The quantitative estimate of drug-likeness (QED) is 0.0646. The molecule has 0 saturated heterocycles. The average Bonchev–Trinajstić information content (AvgIpc) is 3.33. The van der Waals surface area contributed by atoms with Crippen molar-refractivity contribution in [1.82, 2.24) is 24.4 Å². The van der Waals surface area contributed by atoms with Crippen LogP contribution in [0.5, 0.6) is 0 Å². The van der Waals surface area contributed by atoms with E-state index in [-0.39, 0.29) is 67.7 Å². The monoisotopic (exact) mass is 1040 g/mol. The first-order chi connectivity index (χ1) is 35.5. The minimum absolute atomic E-state index is 0. The molecule has 4 atom stereocenters. The predicted octanol–water partition coefficient (Wildman–Crippen LogP) is 11.0. The van der Waals surface area contributed by atoms with E-state index in [1.807, 2.05) is 104 Å². The highest BCUT2D eigenvalue weighted by Crippen LogP contribution is 2.30. The first-order valence-corrected chi connectivity index (χ1v) is 25.6. The Morgan fingerprint density at radius 2 is 1.01 bits per heavy atom. The van der Waals surface area contributed by atoms with Crippen LogP contribution in [-0.2, 0) is 28.7 Å². The van der Waals surface area contributed by atoms with Gasteiger partial charge in [0, 0.05) is 54.1 Å². The second kappa shape index (κ2) is 30.1. The maximum absolute atomic E-state index is 13.7. The molecule has 0 aliphatic heterocycles. The number of nitrogens with zero attached hydrogens (tertiary/aromatic N) is 4. The molecule has 1 amide bonds. The third-order valence-electron chi connectivity index (χ3n) is 12.4. The minimum Gasteiger partial charge on any atom is -0.480 e. The van der Waals surface area contributed by atoms with Crippen LogP contribution in [0.2, 0.25) is 0 Å². The van der Waals surface area contributed by atoms with Gasteiger partial charge in [-0.2, -0.15) is 0 Å². The van der Waals surface area contributed by atoms with Gasteiger partial charge in [-0.3, -0.25) is 33.9 Å². The van der Waals surface area contributed by atoms with Crippen LogP contribution < -0.4 is 22.2 Å². The number of rotatable bonds is 19. The lowest BCUT2D eigenvalue weighted by Crippen LogP contribution is -2.40. The molecular formula is C61H80N6O9. The number of carbonyl (C=O) groups excluding carboxylic acids is 3. The van der Waals surface area contributed by atoms with Crippen molar-refractivity contribution < 1.29 is 33.8 Å². The number of ether oxygens (including phenoxy) is 2. The fraction of sp³-hybridized carbons (Fsp3) is 0.410. The summed E-state index contributed by atoms with van der Waals surface area (Å²) in [4.78, 5) is 82.3. The molecule has 408 valence electrons. The molecule has 0 fully saturated rings. The minimum atomic E-state index is -0.959. The number of carboxylic acids is 1. The van der Waals surface area contributed by atoms with Crippen LogP contribution in [0, 0.1) is 53.4 Å². The van der Waals surface area contributed by atoms with Crippen LogP contribution in [0.15, 0.2) is 119 Å². The predicted molar refractivity (Wildman–Crippen MR) is 301 cm³/mol.